The minimum atomic E-state index is -0.274. The molecule has 4 nitrogen and oxygen atoms in total. The Labute approximate surface area is 197 Å². The second-order valence-electron chi connectivity index (χ2n) is 10.6. The molecule has 0 spiro atoms. The monoisotopic (exact) mass is 448 g/mol. The molecule has 0 amide bonds. The van der Waals surface area contributed by atoms with Gasteiger partial charge in [-0.25, -0.2) is 0 Å². The van der Waals surface area contributed by atoms with Crippen LogP contribution in [0.25, 0.3) is 0 Å². The highest BCUT2D eigenvalue weighted by Gasteiger charge is 2.48. The third-order valence-electron chi connectivity index (χ3n) is 8.95. The number of ketones is 4. The zero-order chi connectivity index (χ0) is 23.1. The van der Waals surface area contributed by atoms with Crippen molar-refractivity contribution in [1.82, 2.24) is 0 Å². The van der Waals surface area contributed by atoms with Gasteiger partial charge >= 0.3 is 0 Å². The lowest BCUT2D eigenvalue weighted by Gasteiger charge is -2.43. The van der Waals surface area contributed by atoms with Crippen molar-refractivity contribution in [3.8, 4) is 0 Å². The molecule has 5 aliphatic carbocycles. The van der Waals surface area contributed by atoms with Gasteiger partial charge in [0.15, 0.2) is 23.1 Å². The second-order valence-corrected chi connectivity index (χ2v) is 10.6. The van der Waals surface area contributed by atoms with E-state index >= 15 is 0 Å². The van der Waals surface area contributed by atoms with Crippen molar-refractivity contribution in [1.29, 1.82) is 0 Å². The Hall–Kier alpha value is -3.40. The van der Waals surface area contributed by atoms with Crippen LogP contribution in [0.1, 0.15) is 80.0 Å². The number of fused-ring (bicyclic) bond motifs is 4. The number of hydrogen-bond donors (Lipinski definition) is 0. The van der Waals surface area contributed by atoms with Gasteiger partial charge in [-0.2, -0.15) is 0 Å². The van der Waals surface area contributed by atoms with Crippen molar-refractivity contribution in [3.05, 3.63) is 93.1 Å². The van der Waals surface area contributed by atoms with Crippen molar-refractivity contribution in [2.24, 2.45) is 23.7 Å². The van der Waals surface area contributed by atoms with Crippen molar-refractivity contribution >= 4 is 23.1 Å². The molecular weight excluding hydrogens is 424 g/mol. The summed E-state index contributed by atoms with van der Waals surface area (Å²) in [6, 6.07) is 14.4. The maximum absolute atomic E-state index is 13.3. The first-order valence-electron chi connectivity index (χ1n) is 12.3. The number of carbonyl (C=O) groups excluding carboxylic acids is 4. The molecule has 0 radical (unpaired) electrons. The van der Waals surface area contributed by atoms with Gasteiger partial charge in [-0.15, -0.1) is 0 Å². The van der Waals surface area contributed by atoms with E-state index in [0.717, 1.165) is 12.8 Å². The Balaban J connectivity index is 1.19. The first-order valence-corrected chi connectivity index (χ1v) is 12.3. The summed E-state index contributed by atoms with van der Waals surface area (Å²) in [7, 11) is 0. The Morgan fingerprint density at radius 2 is 0.647 bits per heavy atom. The van der Waals surface area contributed by atoms with Gasteiger partial charge in [-0.1, -0.05) is 70.8 Å². The summed E-state index contributed by atoms with van der Waals surface area (Å²) in [5, 5.41) is 0. The minimum Gasteiger partial charge on any atom is -0.294 e. The molecule has 34 heavy (non-hydrogen) atoms. The summed E-state index contributed by atoms with van der Waals surface area (Å²) in [6.07, 6.45) is 4.12. The topological polar surface area (TPSA) is 68.3 Å². The van der Waals surface area contributed by atoms with Crippen molar-refractivity contribution in [2.75, 3.05) is 0 Å². The van der Waals surface area contributed by atoms with Gasteiger partial charge < -0.3 is 0 Å². The second kappa shape index (κ2) is 7.05. The highest BCUT2D eigenvalue weighted by molar-refractivity contribution is 6.17. The van der Waals surface area contributed by atoms with E-state index in [2.05, 4.69) is 0 Å². The smallest absolute Gasteiger partial charge is 0.167 e. The first kappa shape index (κ1) is 20.0. The van der Waals surface area contributed by atoms with Crippen molar-refractivity contribution < 1.29 is 19.2 Å². The van der Waals surface area contributed by atoms with Gasteiger partial charge in [0.25, 0.3) is 0 Å². The lowest BCUT2D eigenvalue weighted by molar-refractivity contribution is 0.0708. The molecule has 168 valence electrons. The average Bonchev–Trinajstić information content (AvgIpc) is 2.87. The van der Waals surface area contributed by atoms with E-state index in [-0.39, 0.29) is 46.8 Å². The van der Waals surface area contributed by atoms with Crippen LogP contribution in [0, 0.1) is 23.7 Å². The summed E-state index contributed by atoms with van der Waals surface area (Å²) in [5.41, 5.74) is 7.42. The van der Waals surface area contributed by atoms with Crippen LogP contribution in [0.5, 0.6) is 0 Å². The van der Waals surface area contributed by atoms with Gasteiger partial charge in [0.1, 0.15) is 0 Å². The molecule has 0 saturated carbocycles. The maximum Gasteiger partial charge on any atom is 0.167 e. The van der Waals surface area contributed by atoms with E-state index in [9.17, 15) is 19.2 Å². The van der Waals surface area contributed by atoms with E-state index in [1.54, 1.807) is 24.3 Å². The zero-order valence-corrected chi connectivity index (χ0v) is 18.8. The lowest BCUT2D eigenvalue weighted by Crippen LogP contribution is -2.41. The van der Waals surface area contributed by atoms with Crippen molar-refractivity contribution in [2.45, 2.75) is 38.5 Å². The fourth-order valence-electron chi connectivity index (χ4n) is 7.24. The standard InChI is InChI=1S/C30H24O4/c31-27-19-5-1-2-6-20(19)28(32)24-12-16-10-18-14-26-25(13-17(18)9-15(16)11-23(24)27)29(33)21-7-3-4-8-22(21)30(26)34/h1-8,23-26H,9-14H2/t23-,24+,25-,26+. The molecule has 7 rings (SSSR count). The van der Waals surface area contributed by atoms with Gasteiger partial charge in [-0.3, -0.25) is 19.2 Å². The molecule has 2 aromatic rings. The van der Waals surface area contributed by atoms with E-state index in [4.69, 9.17) is 0 Å². The Morgan fingerprint density at radius 1 is 0.412 bits per heavy atom. The predicted molar refractivity (Wildman–Crippen MR) is 126 cm³/mol. The van der Waals surface area contributed by atoms with E-state index in [1.807, 2.05) is 24.3 Å². The Bertz CT molecular complexity index is 1190. The molecular formula is C30H24O4. The van der Waals surface area contributed by atoms with Crippen LogP contribution in [-0.2, 0) is 0 Å². The number of carbonyl (C=O) groups is 4. The van der Waals surface area contributed by atoms with Crippen molar-refractivity contribution in [3.63, 3.8) is 0 Å². The van der Waals surface area contributed by atoms with Gasteiger partial charge in [0.05, 0.1) is 0 Å². The molecule has 4 heteroatoms. The molecule has 0 bridgehead atoms. The number of Topliss-reactive ketones (excluding diaryl/α,β-unsaturated/α-hetero) is 4. The minimum absolute atomic E-state index is 0.0971. The van der Waals surface area contributed by atoms with E-state index in [0.29, 0.717) is 47.9 Å². The molecule has 0 heterocycles. The van der Waals surface area contributed by atoms with Gasteiger partial charge in [0.2, 0.25) is 0 Å². The molecule has 0 unspecified atom stereocenters. The summed E-state index contributed by atoms with van der Waals surface area (Å²) in [5.74, 6) is -0.706. The van der Waals surface area contributed by atoms with Crippen LogP contribution in [-0.4, -0.2) is 23.1 Å². The first-order chi connectivity index (χ1) is 16.5. The summed E-state index contributed by atoms with van der Waals surface area (Å²) >= 11 is 0. The van der Waals surface area contributed by atoms with E-state index in [1.165, 1.54) is 22.3 Å². The fourth-order valence-corrected chi connectivity index (χ4v) is 7.24. The zero-order valence-electron chi connectivity index (χ0n) is 18.8. The summed E-state index contributed by atoms with van der Waals surface area (Å²) in [6.45, 7) is 0. The van der Waals surface area contributed by atoms with Crippen LogP contribution in [0.2, 0.25) is 0 Å². The highest BCUT2D eigenvalue weighted by atomic mass is 16.1. The van der Waals surface area contributed by atoms with Crippen LogP contribution in [0.15, 0.2) is 70.8 Å². The third kappa shape index (κ3) is 2.65. The van der Waals surface area contributed by atoms with Crippen LogP contribution >= 0.6 is 0 Å². The number of hydrogen-bond acceptors (Lipinski definition) is 4. The molecule has 0 saturated heterocycles. The number of benzene rings is 2. The third-order valence-corrected chi connectivity index (χ3v) is 8.95. The number of rotatable bonds is 0. The van der Waals surface area contributed by atoms with Crippen LogP contribution in [0.3, 0.4) is 0 Å². The average molecular weight is 449 g/mol. The fraction of sp³-hybridized carbons (Fsp3) is 0.333. The SMILES string of the molecule is O=C1c2ccccc2C(=O)[C@@H]2CC3=C(CC4=C(C3)C[C@H]3C(=O)c5ccccc5C(=O)[C@H]3C4)C[C@H]12. The van der Waals surface area contributed by atoms with Crippen LogP contribution < -0.4 is 0 Å². The molecule has 4 atom stereocenters. The number of allylic oxidation sites excluding steroid dienone is 4. The maximum atomic E-state index is 13.3. The quantitative estimate of drug-likeness (QED) is 0.493. The molecule has 5 aliphatic rings. The molecule has 0 aliphatic heterocycles. The predicted octanol–water partition coefficient (Wildman–Crippen LogP) is 5.58. The summed E-state index contributed by atoms with van der Waals surface area (Å²) < 4.78 is 0. The highest BCUT2D eigenvalue weighted by Crippen LogP contribution is 2.52. The molecule has 0 aromatic heterocycles. The molecule has 0 fully saturated rings. The molecule has 0 N–H and O–H groups in total. The Morgan fingerprint density at radius 3 is 0.882 bits per heavy atom. The Kier molecular flexibility index (Phi) is 4.15. The molecule has 2 aromatic carbocycles. The van der Waals surface area contributed by atoms with E-state index < -0.39 is 0 Å². The van der Waals surface area contributed by atoms with Gasteiger partial charge in [-0.05, 0) is 38.5 Å². The largest absolute Gasteiger partial charge is 0.294 e. The normalized spacial score (nSPS) is 29.6. The van der Waals surface area contributed by atoms with Gasteiger partial charge in [0, 0.05) is 45.9 Å². The summed E-state index contributed by atoms with van der Waals surface area (Å²) in [4.78, 5) is 53.1. The lowest BCUT2D eigenvalue weighted by atomic mass is 9.59. The van der Waals surface area contributed by atoms with Crippen LogP contribution in [0.4, 0.5) is 0 Å².